The van der Waals surface area contributed by atoms with Gasteiger partial charge >= 0.3 is 30.2 Å². The maximum atomic E-state index is 16.5. The van der Waals surface area contributed by atoms with Gasteiger partial charge in [0.1, 0.15) is 60.8 Å². The maximum Gasteiger partial charge on any atom is 0.410 e. The lowest BCUT2D eigenvalue weighted by atomic mass is 9.92. The van der Waals surface area contributed by atoms with Crippen molar-refractivity contribution in [2.24, 2.45) is 0 Å². The molecule has 0 spiro atoms. The fourth-order valence-electron chi connectivity index (χ4n) is 16.9. The number of hydrogen-bond donors (Lipinski definition) is 0. The van der Waals surface area contributed by atoms with Crippen LogP contribution < -0.4 is 28.7 Å². The first-order valence-corrected chi connectivity index (χ1v) is 50.6. The normalized spacial score (nSPS) is 21.3. The number of carbonyl (C=O) groups excluding carboxylic acids is 2. The lowest BCUT2D eigenvalue weighted by Crippen LogP contribution is -2.55. The van der Waals surface area contributed by atoms with E-state index in [2.05, 4.69) is 169 Å². The summed E-state index contributed by atoms with van der Waals surface area (Å²) >= 11 is 3.74. The van der Waals surface area contributed by atoms with Crippen molar-refractivity contribution in [3.63, 3.8) is 0 Å². The first-order valence-electron chi connectivity index (χ1n) is 41.7. The molecule has 28 heteroatoms. The third-order valence-corrected chi connectivity index (χ3v) is 41.1. The largest absolute Gasteiger partial charge is 0.467 e. The molecule has 6 aromatic rings. The van der Waals surface area contributed by atoms with E-state index in [0.29, 0.717) is 100 Å². The standard InChI is InChI=1S/C54H81FN6O7Si2.C31H51BrN6O4Si/c1-35(2)70(36(3)4,37(5)6)29-25-42-43(55)24-23-38-30-41(65-34-63-14)31-44(45(38)42)66-50-57-47-46(61(50)39-20-17-21-39)48(59-27-19-26-54(13,33-59)68-69(15,16)53(10,11)12)58-49(56-47)64-32-40-22-18-28-60(40)51(62)67-52(7,8)9;1-29(2,3)41-28(39)37-18-11-15-22(37)19-40-27-34-24-23(38(26(32)33-24)21-13-10-14-21)25(35-27)36-17-12-16-31(7,20-36)42-43(8,9)30(4,5)6/h23-24,30-31,35-37,39-40H,17-22,26-28,32-34H2,1-16H3;21-22H,10-20H2,1-9H3/t40-,54+;22-,31+/m10/s1. The van der Waals surface area contributed by atoms with Crippen LogP contribution in [0.15, 0.2) is 29.0 Å². The Morgan fingerprint density at radius 1 is 0.593 bits per heavy atom. The quantitative estimate of drug-likeness (QED) is 0.0267. The molecular weight excluding hydrogens is 1550 g/mol. The third-order valence-electron chi connectivity index (χ3n) is 25.0. The number of fused-ring (bicyclic) bond motifs is 3. The highest BCUT2D eigenvalue weighted by atomic mass is 79.9. The molecule has 2 aliphatic carbocycles. The summed E-state index contributed by atoms with van der Waals surface area (Å²) in [5.41, 5.74) is 5.97. The molecule has 6 fully saturated rings. The van der Waals surface area contributed by atoms with Crippen molar-refractivity contribution in [1.82, 2.24) is 48.8 Å². The van der Waals surface area contributed by atoms with Crippen LogP contribution in [0.4, 0.5) is 25.6 Å². The Bertz CT molecular complexity index is 4430. The van der Waals surface area contributed by atoms with Crippen molar-refractivity contribution < 1.29 is 56.0 Å². The van der Waals surface area contributed by atoms with Crippen molar-refractivity contribution in [2.75, 3.05) is 76.2 Å². The molecule has 113 heavy (non-hydrogen) atoms. The summed E-state index contributed by atoms with van der Waals surface area (Å²) in [6.45, 7) is 57.0. The number of likely N-dealkylation sites (tertiary alicyclic amines) is 2. The van der Waals surface area contributed by atoms with Gasteiger partial charge in [-0.2, -0.15) is 24.9 Å². The van der Waals surface area contributed by atoms with Crippen LogP contribution in [0.5, 0.6) is 29.5 Å². The van der Waals surface area contributed by atoms with Gasteiger partial charge in [0.05, 0.1) is 28.8 Å². The molecule has 4 aromatic heterocycles. The monoisotopic (exact) mass is 1680 g/mol. The lowest BCUT2D eigenvalue weighted by molar-refractivity contribution is 0.0174. The zero-order chi connectivity index (χ0) is 82.5. The molecule has 0 N–H and O–H groups in total. The fourth-order valence-corrected chi connectivity index (χ4v) is 26.2. The summed E-state index contributed by atoms with van der Waals surface area (Å²) < 4.78 is 78.8. The Morgan fingerprint density at radius 3 is 1.49 bits per heavy atom. The Balaban J connectivity index is 0.000000250. The summed E-state index contributed by atoms with van der Waals surface area (Å²) in [5.74, 6) is 5.42. The maximum absolute atomic E-state index is 16.5. The minimum atomic E-state index is -2.27. The predicted octanol–water partition coefficient (Wildman–Crippen LogP) is 20.8. The first kappa shape index (κ1) is 87.5. The van der Waals surface area contributed by atoms with Gasteiger partial charge in [-0.3, -0.25) is 4.57 Å². The molecule has 0 unspecified atom stereocenters. The summed E-state index contributed by atoms with van der Waals surface area (Å²) in [7, 11) is -4.87. The molecule has 4 aliphatic heterocycles. The number of anilines is 2. The number of rotatable bonds is 22. The van der Waals surface area contributed by atoms with Gasteiger partial charge < -0.3 is 66.2 Å². The second kappa shape index (κ2) is 33.9. The second-order valence-corrected chi connectivity index (χ2v) is 54.9. The summed E-state index contributed by atoms with van der Waals surface area (Å²) in [4.78, 5) is 64.6. The van der Waals surface area contributed by atoms with E-state index in [1.165, 1.54) is 12.5 Å². The number of hydrogen-bond acceptors (Lipinski definition) is 19. The van der Waals surface area contributed by atoms with Crippen LogP contribution in [-0.2, 0) is 23.1 Å². The Labute approximate surface area is 683 Å². The van der Waals surface area contributed by atoms with E-state index in [0.717, 1.165) is 125 Å². The van der Waals surface area contributed by atoms with E-state index in [1.54, 1.807) is 29.0 Å². The molecule has 2 amide bonds. The molecule has 2 saturated carbocycles. The summed E-state index contributed by atoms with van der Waals surface area (Å²) in [6.07, 6.45) is 12.9. The van der Waals surface area contributed by atoms with Gasteiger partial charge in [-0.25, -0.2) is 19.0 Å². The van der Waals surface area contributed by atoms with Gasteiger partial charge in [-0.1, -0.05) is 95.1 Å². The molecular formula is C85H132BrFN12O11Si3. The van der Waals surface area contributed by atoms with Gasteiger partial charge in [0.2, 0.25) is 0 Å². The van der Waals surface area contributed by atoms with Crippen LogP contribution >= 0.6 is 15.9 Å². The van der Waals surface area contributed by atoms with Gasteiger partial charge in [-0.05, 0) is 232 Å². The first-order chi connectivity index (χ1) is 52.7. The van der Waals surface area contributed by atoms with Crippen LogP contribution in [-0.4, -0.2) is 187 Å². The van der Waals surface area contributed by atoms with E-state index in [4.69, 9.17) is 71.9 Å². The van der Waals surface area contributed by atoms with Crippen molar-refractivity contribution in [1.29, 1.82) is 0 Å². The topological polar surface area (TPSA) is 217 Å². The lowest BCUT2D eigenvalue weighted by Gasteiger charge is -2.48. The zero-order valence-electron chi connectivity index (χ0n) is 72.7. The van der Waals surface area contributed by atoms with Crippen molar-refractivity contribution in [2.45, 2.75) is 328 Å². The van der Waals surface area contributed by atoms with E-state index < -0.39 is 47.3 Å². The summed E-state index contributed by atoms with van der Waals surface area (Å²) in [5, 5.41) is 1.41. The van der Waals surface area contributed by atoms with E-state index in [-0.39, 0.29) is 71.0 Å². The number of nitrogens with zero attached hydrogens (tertiary/aromatic N) is 12. The zero-order valence-corrected chi connectivity index (χ0v) is 77.3. The molecule has 4 saturated heterocycles. The number of carbonyl (C=O) groups is 2. The Hall–Kier alpha value is -6.36. The highest BCUT2D eigenvalue weighted by Gasteiger charge is 2.49. The van der Waals surface area contributed by atoms with Crippen LogP contribution in [0.3, 0.4) is 0 Å². The average Bonchev–Trinajstić information content (AvgIpc) is 1.74. The number of piperidine rings is 2. The number of imidazole rings is 2. The number of ether oxygens (including phenoxy) is 7. The SMILES string of the molecule is CC(C)(C)OC(=O)N1CCC[C@H]1COc1nc(N2CCC[C@@](C)(O[Si](C)(C)C(C)(C)C)C2)c2c(n1)nc(Br)n2C1CCC1.COCOc1cc(Oc2nc3nc(OC[C@H]4CCCN4C(=O)OC(C)(C)C)nc(N4CCC[C@](C)(O[Si](C)(C)C(C)(C)C)C4)c3n2C2CCC2)c2c(C#C[Si](C(C)C)(C(C)C)C(C)C)c(F)ccc2c1. The molecule has 624 valence electrons. The van der Waals surface area contributed by atoms with Crippen LogP contribution in [0.2, 0.25) is 52.9 Å². The van der Waals surface area contributed by atoms with Crippen molar-refractivity contribution >= 4 is 97.6 Å². The van der Waals surface area contributed by atoms with Crippen molar-refractivity contribution in [3.05, 3.63) is 40.4 Å². The van der Waals surface area contributed by atoms with E-state index >= 15 is 4.39 Å². The Kier molecular flexibility index (Phi) is 26.3. The number of methoxy groups -OCH3 is 1. The van der Waals surface area contributed by atoms with Gasteiger partial charge in [0.15, 0.2) is 51.1 Å². The number of halogens is 2. The smallest absolute Gasteiger partial charge is 0.410 e. The van der Waals surface area contributed by atoms with Crippen LogP contribution in [0, 0.1) is 17.3 Å². The summed E-state index contributed by atoms with van der Waals surface area (Å²) in [6, 6.07) is 7.76. The molecule has 0 radical (unpaired) electrons. The average molecular weight is 1680 g/mol. The van der Waals surface area contributed by atoms with Gasteiger partial charge in [0.25, 0.3) is 0 Å². The minimum absolute atomic E-state index is 0.0106. The number of amides is 2. The molecule has 23 nitrogen and oxygen atoms in total. The third kappa shape index (κ3) is 19.6. The molecule has 2 aromatic carbocycles. The second-order valence-electron chi connectivity index (χ2n) is 39.2. The predicted molar refractivity (Wildman–Crippen MR) is 458 cm³/mol. The molecule has 4 atom stereocenters. The van der Waals surface area contributed by atoms with Gasteiger partial charge in [0, 0.05) is 69.9 Å². The number of benzene rings is 2. The number of aromatic nitrogens is 8. The van der Waals surface area contributed by atoms with E-state index in [1.807, 2.05) is 47.6 Å². The van der Waals surface area contributed by atoms with Gasteiger partial charge in [-0.15, -0.1) is 5.54 Å². The van der Waals surface area contributed by atoms with Crippen LogP contribution in [0.25, 0.3) is 33.1 Å². The fraction of sp³-hybridized carbons (Fsp3) is 0.718. The highest BCUT2D eigenvalue weighted by Crippen LogP contribution is 2.50. The molecule has 6 aliphatic rings. The Morgan fingerprint density at radius 2 is 1.05 bits per heavy atom. The van der Waals surface area contributed by atoms with Crippen LogP contribution in [0.1, 0.15) is 246 Å². The minimum Gasteiger partial charge on any atom is -0.467 e. The molecule has 12 rings (SSSR count). The molecule has 8 heterocycles. The highest BCUT2D eigenvalue weighted by molar-refractivity contribution is 9.10. The van der Waals surface area contributed by atoms with E-state index in [9.17, 15) is 9.59 Å². The van der Waals surface area contributed by atoms with Crippen molar-refractivity contribution in [3.8, 4) is 41.0 Å². The molecule has 0 bridgehead atoms.